The van der Waals surface area contributed by atoms with Crippen LogP contribution in [-0.2, 0) is 6.54 Å². The summed E-state index contributed by atoms with van der Waals surface area (Å²) in [5, 5.41) is 13.8. The number of nitrogens with one attached hydrogen (secondary N) is 3. The van der Waals surface area contributed by atoms with Crippen molar-refractivity contribution in [3.63, 3.8) is 0 Å². The highest BCUT2D eigenvalue weighted by molar-refractivity contribution is 5.79. The number of guanidine groups is 1. The highest BCUT2D eigenvalue weighted by Crippen LogP contribution is 2.40. The second-order valence-corrected chi connectivity index (χ2v) is 7.14. The van der Waals surface area contributed by atoms with Gasteiger partial charge in [-0.1, -0.05) is 38.0 Å². The number of nitrogens with zero attached hydrogens (tertiary/aromatic N) is 3. The minimum atomic E-state index is 0.447. The van der Waals surface area contributed by atoms with E-state index in [0.29, 0.717) is 12.0 Å². The Balaban J connectivity index is 1.64. The summed E-state index contributed by atoms with van der Waals surface area (Å²) in [5.41, 5.74) is 2.63. The molecule has 6 nitrogen and oxygen atoms in total. The van der Waals surface area contributed by atoms with Crippen molar-refractivity contribution < 1.29 is 0 Å². The lowest BCUT2D eigenvalue weighted by Gasteiger charge is -2.28. The zero-order chi connectivity index (χ0) is 18.2. The molecule has 0 atom stereocenters. The number of aromatic amines is 1. The van der Waals surface area contributed by atoms with Gasteiger partial charge in [0.15, 0.2) is 11.8 Å². The SMILES string of the molecule is CCNC(=NCc1cccc(-c2ncn[nH]2)c1)NCC1(CC)CCCC1. The Labute approximate surface area is 155 Å². The predicted octanol–water partition coefficient (Wildman–Crippen LogP) is 3.50. The topological polar surface area (TPSA) is 78.0 Å². The molecule has 1 aliphatic carbocycles. The summed E-state index contributed by atoms with van der Waals surface area (Å²) in [6.07, 6.45) is 8.14. The number of aliphatic imine (C=N–C) groups is 1. The Bertz CT molecular complexity index is 701. The Morgan fingerprint density at radius 3 is 2.77 bits per heavy atom. The molecular formula is C20H30N6. The molecule has 1 aromatic heterocycles. The third kappa shape index (κ3) is 4.62. The Kier molecular flexibility index (Phi) is 6.26. The van der Waals surface area contributed by atoms with Crippen LogP contribution in [0.25, 0.3) is 11.4 Å². The molecule has 1 saturated carbocycles. The molecule has 26 heavy (non-hydrogen) atoms. The molecule has 1 aromatic carbocycles. The number of hydrogen-bond donors (Lipinski definition) is 3. The fraction of sp³-hybridized carbons (Fsp3) is 0.550. The van der Waals surface area contributed by atoms with Crippen LogP contribution in [0.5, 0.6) is 0 Å². The van der Waals surface area contributed by atoms with Crippen molar-refractivity contribution in [2.75, 3.05) is 13.1 Å². The van der Waals surface area contributed by atoms with Gasteiger partial charge in [-0.3, -0.25) is 5.10 Å². The minimum absolute atomic E-state index is 0.447. The molecule has 0 radical (unpaired) electrons. The number of rotatable bonds is 7. The minimum Gasteiger partial charge on any atom is -0.357 e. The van der Waals surface area contributed by atoms with Gasteiger partial charge < -0.3 is 10.6 Å². The van der Waals surface area contributed by atoms with Crippen molar-refractivity contribution in [3.8, 4) is 11.4 Å². The van der Waals surface area contributed by atoms with Crippen LogP contribution in [0, 0.1) is 5.41 Å². The molecule has 140 valence electrons. The summed E-state index contributed by atoms with van der Waals surface area (Å²) < 4.78 is 0. The third-order valence-corrected chi connectivity index (χ3v) is 5.42. The highest BCUT2D eigenvalue weighted by atomic mass is 15.2. The van der Waals surface area contributed by atoms with E-state index in [9.17, 15) is 0 Å². The van der Waals surface area contributed by atoms with E-state index in [1.165, 1.54) is 38.4 Å². The number of benzene rings is 1. The van der Waals surface area contributed by atoms with Gasteiger partial charge in [0.25, 0.3) is 0 Å². The highest BCUT2D eigenvalue weighted by Gasteiger charge is 2.31. The Morgan fingerprint density at radius 1 is 1.23 bits per heavy atom. The van der Waals surface area contributed by atoms with E-state index in [-0.39, 0.29) is 0 Å². The van der Waals surface area contributed by atoms with Crippen LogP contribution in [0.15, 0.2) is 35.6 Å². The summed E-state index contributed by atoms with van der Waals surface area (Å²) in [6, 6.07) is 8.27. The van der Waals surface area contributed by atoms with Gasteiger partial charge in [0, 0.05) is 18.7 Å². The smallest absolute Gasteiger partial charge is 0.191 e. The number of hydrogen-bond acceptors (Lipinski definition) is 3. The summed E-state index contributed by atoms with van der Waals surface area (Å²) in [5.74, 6) is 1.68. The molecule has 1 aliphatic rings. The van der Waals surface area contributed by atoms with Crippen molar-refractivity contribution >= 4 is 5.96 Å². The molecule has 2 aromatic rings. The molecule has 6 heteroatoms. The van der Waals surface area contributed by atoms with Crippen molar-refractivity contribution in [1.82, 2.24) is 25.8 Å². The maximum Gasteiger partial charge on any atom is 0.191 e. The lowest BCUT2D eigenvalue weighted by Crippen LogP contribution is -2.42. The van der Waals surface area contributed by atoms with Crippen LogP contribution in [-0.4, -0.2) is 34.2 Å². The maximum atomic E-state index is 4.78. The summed E-state index contributed by atoms with van der Waals surface area (Å²) >= 11 is 0. The fourth-order valence-corrected chi connectivity index (χ4v) is 3.73. The lowest BCUT2D eigenvalue weighted by atomic mass is 9.83. The maximum absolute atomic E-state index is 4.78. The van der Waals surface area contributed by atoms with Gasteiger partial charge in [0.05, 0.1) is 6.54 Å². The molecule has 0 aliphatic heterocycles. The van der Waals surface area contributed by atoms with Crippen LogP contribution in [0.3, 0.4) is 0 Å². The Morgan fingerprint density at radius 2 is 2.08 bits per heavy atom. The van der Waals surface area contributed by atoms with E-state index >= 15 is 0 Å². The second-order valence-electron chi connectivity index (χ2n) is 7.14. The van der Waals surface area contributed by atoms with Crippen molar-refractivity contribution in [2.24, 2.45) is 10.4 Å². The molecule has 0 unspecified atom stereocenters. The van der Waals surface area contributed by atoms with Crippen LogP contribution in [0.4, 0.5) is 0 Å². The van der Waals surface area contributed by atoms with E-state index in [0.717, 1.165) is 36.0 Å². The largest absolute Gasteiger partial charge is 0.357 e. The van der Waals surface area contributed by atoms with Gasteiger partial charge >= 0.3 is 0 Å². The van der Waals surface area contributed by atoms with Gasteiger partial charge in [-0.2, -0.15) is 5.10 Å². The zero-order valence-corrected chi connectivity index (χ0v) is 15.9. The predicted molar refractivity (Wildman–Crippen MR) is 106 cm³/mol. The molecule has 3 rings (SSSR count). The van der Waals surface area contributed by atoms with E-state index < -0.39 is 0 Å². The molecule has 0 spiro atoms. The molecule has 0 amide bonds. The number of aromatic nitrogens is 3. The van der Waals surface area contributed by atoms with Gasteiger partial charge in [0.1, 0.15) is 6.33 Å². The van der Waals surface area contributed by atoms with Gasteiger partial charge in [-0.05, 0) is 43.2 Å². The molecule has 1 fully saturated rings. The van der Waals surface area contributed by atoms with E-state index in [1.807, 2.05) is 12.1 Å². The van der Waals surface area contributed by atoms with Crippen LogP contribution >= 0.6 is 0 Å². The summed E-state index contributed by atoms with van der Waals surface area (Å²) in [6.45, 7) is 6.92. The molecule has 0 saturated heterocycles. The van der Waals surface area contributed by atoms with Crippen molar-refractivity contribution in [2.45, 2.75) is 52.5 Å². The first-order valence-electron chi connectivity index (χ1n) is 9.71. The Hall–Kier alpha value is -2.37. The molecule has 1 heterocycles. The van der Waals surface area contributed by atoms with Crippen LogP contribution in [0.2, 0.25) is 0 Å². The monoisotopic (exact) mass is 354 g/mol. The number of H-pyrrole nitrogens is 1. The van der Waals surface area contributed by atoms with Gasteiger partial charge in [-0.25, -0.2) is 9.98 Å². The molecular weight excluding hydrogens is 324 g/mol. The fourth-order valence-electron chi connectivity index (χ4n) is 3.73. The standard InChI is InChI=1S/C20H30N6/c1-3-20(10-5-6-11-20)14-23-19(21-4-2)22-13-16-8-7-9-17(12-16)18-24-15-25-26-18/h7-9,12,15H,3-6,10-11,13-14H2,1-2H3,(H2,21,22,23)(H,24,25,26). The summed E-state index contributed by atoms with van der Waals surface area (Å²) in [4.78, 5) is 9.00. The first-order valence-corrected chi connectivity index (χ1v) is 9.71. The first kappa shape index (κ1) is 18.4. The van der Waals surface area contributed by atoms with Crippen LogP contribution in [0.1, 0.15) is 51.5 Å². The van der Waals surface area contributed by atoms with Crippen molar-refractivity contribution in [1.29, 1.82) is 0 Å². The average molecular weight is 355 g/mol. The second kappa shape index (κ2) is 8.83. The quantitative estimate of drug-likeness (QED) is 0.525. The lowest BCUT2D eigenvalue weighted by molar-refractivity contribution is 0.283. The normalized spacial score (nSPS) is 16.6. The summed E-state index contributed by atoms with van der Waals surface area (Å²) in [7, 11) is 0. The third-order valence-electron chi connectivity index (χ3n) is 5.42. The van der Waals surface area contributed by atoms with E-state index in [1.54, 1.807) is 0 Å². The van der Waals surface area contributed by atoms with E-state index in [2.05, 4.69) is 51.8 Å². The zero-order valence-electron chi connectivity index (χ0n) is 15.9. The first-order chi connectivity index (χ1) is 12.7. The molecule has 3 N–H and O–H groups in total. The van der Waals surface area contributed by atoms with E-state index in [4.69, 9.17) is 4.99 Å². The molecule has 0 bridgehead atoms. The van der Waals surface area contributed by atoms with Crippen molar-refractivity contribution in [3.05, 3.63) is 36.2 Å². The average Bonchev–Trinajstić information content (AvgIpc) is 3.37. The van der Waals surface area contributed by atoms with Gasteiger partial charge in [-0.15, -0.1) is 0 Å². The van der Waals surface area contributed by atoms with Gasteiger partial charge in [0.2, 0.25) is 0 Å². The van der Waals surface area contributed by atoms with Crippen LogP contribution < -0.4 is 10.6 Å².